The third kappa shape index (κ3) is 3.02. The van der Waals surface area contributed by atoms with Crippen molar-refractivity contribution in [2.24, 2.45) is 0 Å². The zero-order valence-electron chi connectivity index (χ0n) is 10.3. The Labute approximate surface area is 112 Å². The summed E-state index contributed by atoms with van der Waals surface area (Å²) in [7, 11) is 0. The minimum atomic E-state index is -0.792. The average Bonchev–Trinajstić information content (AvgIpc) is 2.38. The lowest BCUT2D eigenvalue weighted by molar-refractivity contribution is -0.148. The molecule has 1 atom stereocenters. The van der Waals surface area contributed by atoms with Crippen molar-refractivity contribution in [3.63, 3.8) is 0 Å². The highest BCUT2D eigenvalue weighted by Gasteiger charge is 2.35. The van der Waals surface area contributed by atoms with E-state index >= 15 is 0 Å². The van der Waals surface area contributed by atoms with Gasteiger partial charge in [-0.1, -0.05) is 29.8 Å². The Morgan fingerprint density at radius 1 is 1.56 bits per heavy atom. The van der Waals surface area contributed by atoms with E-state index in [2.05, 4.69) is 10.6 Å². The molecule has 1 aliphatic heterocycles. The highest BCUT2D eigenvalue weighted by Crippen LogP contribution is 2.16. The molecule has 1 heterocycles. The van der Waals surface area contributed by atoms with Gasteiger partial charge < -0.3 is 15.4 Å². The Balaban J connectivity index is 1.94. The van der Waals surface area contributed by atoms with Gasteiger partial charge in [-0.3, -0.25) is 4.79 Å². The molecular weight excluding hydrogens is 252 g/mol. The summed E-state index contributed by atoms with van der Waals surface area (Å²) in [4.78, 5) is 12.1. The maximum Gasteiger partial charge on any atom is 0.253 e. The summed E-state index contributed by atoms with van der Waals surface area (Å²) in [5, 5.41) is 6.67. The molecule has 0 aromatic heterocycles. The molecule has 0 aliphatic carbocycles. The van der Waals surface area contributed by atoms with Gasteiger partial charge in [0.1, 0.15) is 0 Å². The highest BCUT2D eigenvalue weighted by atomic mass is 35.5. The third-order valence-electron chi connectivity index (χ3n) is 3.04. The Morgan fingerprint density at radius 2 is 2.33 bits per heavy atom. The van der Waals surface area contributed by atoms with Crippen LogP contribution < -0.4 is 10.6 Å². The number of rotatable bonds is 3. The molecule has 18 heavy (non-hydrogen) atoms. The van der Waals surface area contributed by atoms with Gasteiger partial charge in [-0.05, 0) is 18.6 Å². The first-order chi connectivity index (χ1) is 8.62. The van der Waals surface area contributed by atoms with Gasteiger partial charge in [0.2, 0.25) is 0 Å². The lowest BCUT2D eigenvalue weighted by Gasteiger charge is -2.32. The van der Waals surface area contributed by atoms with Crippen LogP contribution in [-0.2, 0) is 16.1 Å². The van der Waals surface area contributed by atoms with Gasteiger partial charge in [-0.2, -0.15) is 0 Å². The van der Waals surface area contributed by atoms with E-state index in [0.29, 0.717) is 24.7 Å². The summed E-state index contributed by atoms with van der Waals surface area (Å²) < 4.78 is 5.54. The topological polar surface area (TPSA) is 50.4 Å². The number of amides is 1. The van der Waals surface area contributed by atoms with Crippen LogP contribution in [0.1, 0.15) is 12.5 Å². The first-order valence-electron chi connectivity index (χ1n) is 5.98. The molecule has 2 N–H and O–H groups in total. The summed E-state index contributed by atoms with van der Waals surface area (Å²) in [6, 6.07) is 7.46. The third-order valence-corrected chi connectivity index (χ3v) is 3.41. The molecule has 5 heteroatoms. The van der Waals surface area contributed by atoms with Gasteiger partial charge in [0.05, 0.1) is 6.61 Å². The van der Waals surface area contributed by atoms with Gasteiger partial charge >= 0.3 is 0 Å². The summed E-state index contributed by atoms with van der Waals surface area (Å²) in [6.07, 6.45) is 0. The molecule has 2 rings (SSSR count). The number of nitrogens with one attached hydrogen (secondary N) is 2. The van der Waals surface area contributed by atoms with Crippen molar-refractivity contribution in [1.82, 2.24) is 10.6 Å². The van der Waals surface area contributed by atoms with Crippen LogP contribution in [0.3, 0.4) is 0 Å². The van der Waals surface area contributed by atoms with Crippen LogP contribution in [-0.4, -0.2) is 31.2 Å². The Morgan fingerprint density at radius 3 is 3.00 bits per heavy atom. The van der Waals surface area contributed by atoms with Crippen molar-refractivity contribution >= 4 is 17.5 Å². The van der Waals surface area contributed by atoms with Crippen molar-refractivity contribution in [2.45, 2.75) is 19.1 Å². The van der Waals surface area contributed by atoms with Gasteiger partial charge in [-0.15, -0.1) is 0 Å². The lowest BCUT2D eigenvalue weighted by Crippen LogP contribution is -2.56. The van der Waals surface area contributed by atoms with Crippen LogP contribution >= 0.6 is 11.6 Å². The fourth-order valence-electron chi connectivity index (χ4n) is 1.88. The largest absolute Gasteiger partial charge is 0.363 e. The van der Waals surface area contributed by atoms with Gasteiger partial charge in [0.15, 0.2) is 5.60 Å². The molecule has 1 aromatic carbocycles. The van der Waals surface area contributed by atoms with Crippen molar-refractivity contribution < 1.29 is 9.53 Å². The standard InChI is InChI=1S/C13H17ClN2O2/c1-13(9-15-6-7-18-13)12(17)16-8-10-4-2-3-5-11(10)14/h2-5,15H,6-9H2,1H3,(H,16,17). The summed E-state index contributed by atoms with van der Waals surface area (Å²) in [5.41, 5.74) is 0.111. The molecule has 1 saturated heterocycles. The normalized spacial score (nSPS) is 23.7. The maximum absolute atomic E-state index is 12.1. The summed E-state index contributed by atoms with van der Waals surface area (Å²) in [6.45, 7) is 4.07. The predicted molar refractivity (Wildman–Crippen MR) is 70.5 cm³/mol. The second kappa shape index (κ2) is 5.69. The van der Waals surface area contributed by atoms with E-state index in [-0.39, 0.29) is 5.91 Å². The average molecular weight is 269 g/mol. The Bertz CT molecular complexity index is 431. The number of halogens is 1. The molecule has 0 radical (unpaired) electrons. The molecule has 4 nitrogen and oxygen atoms in total. The zero-order valence-corrected chi connectivity index (χ0v) is 11.1. The smallest absolute Gasteiger partial charge is 0.253 e. The molecule has 0 saturated carbocycles. The van der Waals surface area contributed by atoms with Crippen LogP contribution in [0.5, 0.6) is 0 Å². The Hall–Kier alpha value is -1.10. The van der Waals surface area contributed by atoms with Gasteiger partial charge in [-0.25, -0.2) is 0 Å². The van der Waals surface area contributed by atoms with E-state index in [0.717, 1.165) is 12.1 Å². The van der Waals surface area contributed by atoms with E-state index in [9.17, 15) is 4.79 Å². The lowest BCUT2D eigenvalue weighted by atomic mass is 10.0. The second-order valence-corrected chi connectivity index (χ2v) is 4.94. The number of hydrogen-bond acceptors (Lipinski definition) is 3. The first kappa shape index (κ1) is 13.3. The molecule has 0 spiro atoms. The minimum Gasteiger partial charge on any atom is -0.363 e. The number of ether oxygens (including phenoxy) is 1. The van der Waals surface area contributed by atoms with Crippen molar-refractivity contribution in [1.29, 1.82) is 0 Å². The molecule has 1 amide bonds. The molecule has 1 aromatic rings. The van der Waals surface area contributed by atoms with Gasteiger partial charge in [0, 0.05) is 24.7 Å². The van der Waals surface area contributed by atoms with Crippen LogP contribution in [0.25, 0.3) is 0 Å². The van der Waals surface area contributed by atoms with Crippen LogP contribution in [0, 0.1) is 0 Å². The fraction of sp³-hybridized carbons (Fsp3) is 0.462. The molecule has 1 aliphatic rings. The zero-order chi connectivity index (χ0) is 13.0. The predicted octanol–water partition coefficient (Wildman–Crippen LogP) is 1.33. The van der Waals surface area contributed by atoms with E-state index in [1.165, 1.54) is 0 Å². The van der Waals surface area contributed by atoms with Crippen molar-refractivity contribution in [3.8, 4) is 0 Å². The van der Waals surface area contributed by atoms with Crippen molar-refractivity contribution in [3.05, 3.63) is 34.9 Å². The molecule has 1 unspecified atom stereocenters. The summed E-state index contributed by atoms with van der Waals surface area (Å²) >= 11 is 6.03. The maximum atomic E-state index is 12.1. The van der Waals surface area contributed by atoms with Crippen molar-refractivity contribution in [2.75, 3.05) is 19.7 Å². The Kier molecular flexibility index (Phi) is 4.22. The quantitative estimate of drug-likeness (QED) is 0.870. The minimum absolute atomic E-state index is 0.116. The van der Waals surface area contributed by atoms with Gasteiger partial charge in [0.25, 0.3) is 5.91 Å². The second-order valence-electron chi connectivity index (χ2n) is 4.53. The highest BCUT2D eigenvalue weighted by molar-refractivity contribution is 6.31. The van der Waals surface area contributed by atoms with E-state index in [1.54, 1.807) is 6.92 Å². The van der Waals surface area contributed by atoms with Crippen LogP contribution in [0.4, 0.5) is 0 Å². The molecule has 1 fully saturated rings. The monoisotopic (exact) mass is 268 g/mol. The van der Waals surface area contributed by atoms with Crippen LogP contribution in [0.2, 0.25) is 5.02 Å². The van der Waals surface area contributed by atoms with E-state index < -0.39 is 5.60 Å². The SMILES string of the molecule is CC1(C(=O)NCc2ccccc2Cl)CNCCO1. The fourth-order valence-corrected chi connectivity index (χ4v) is 2.08. The van der Waals surface area contributed by atoms with E-state index in [4.69, 9.17) is 16.3 Å². The van der Waals surface area contributed by atoms with Crippen LogP contribution in [0.15, 0.2) is 24.3 Å². The number of carbonyl (C=O) groups excluding carboxylic acids is 1. The number of carbonyl (C=O) groups is 1. The van der Waals surface area contributed by atoms with E-state index in [1.807, 2.05) is 24.3 Å². The summed E-state index contributed by atoms with van der Waals surface area (Å²) in [5.74, 6) is -0.116. The molecular formula is C13H17ClN2O2. The molecule has 98 valence electrons. The first-order valence-corrected chi connectivity index (χ1v) is 6.36. The number of morpholine rings is 1. The molecule has 0 bridgehead atoms. The number of hydrogen-bond donors (Lipinski definition) is 2. The number of benzene rings is 1.